The summed E-state index contributed by atoms with van der Waals surface area (Å²) in [4.78, 5) is 28.3. The first-order valence-electron chi connectivity index (χ1n) is 10.2. The molecule has 0 aromatic heterocycles. The molecule has 2 heterocycles. The molecule has 0 fully saturated rings. The van der Waals surface area contributed by atoms with Crippen LogP contribution in [0.3, 0.4) is 0 Å². The topological polar surface area (TPSA) is 76.1 Å². The normalized spacial score (nSPS) is 19.7. The molecule has 2 atom stereocenters. The predicted octanol–water partition coefficient (Wildman–Crippen LogP) is 4.32. The zero-order valence-electron chi connectivity index (χ0n) is 17.2. The van der Waals surface area contributed by atoms with Crippen molar-refractivity contribution in [3.05, 3.63) is 88.4 Å². The van der Waals surface area contributed by atoms with E-state index >= 15 is 0 Å². The third-order valence-corrected chi connectivity index (χ3v) is 6.36. The molecular weight excluding hydrogens is 430 g/mol. The number of nitrogens with zero attached hydrogens (tertiary/aromatic N) is 1. The molecule has 0 saturated carbocycles. The lowest BCUT2D eigenvalue weighted by Crippen LogP contribution is -2.47. The van der Waals surface area contributed by atoms with Crippen LogP contribution in [0.5, 0.6) is 11.5 Å². The van der Waals surface area contributed by atoms with Crippen LogP contribution in [0.2, 0.25) is 5.02 Å². The number of rotatable bonds is 5. The van der Waals surface area contributed by atoms with Gasteiger partial charge < -0.3 is 19.5 Å². The van der Waals surface area contributed by atoms with Crippen LogP contribution < -0.4 is 14.4 Å². The Bertz CT molecular complexity index is 1230. The molecule has 2 aliphatic rings. The summed E-state index contributed by atoms with van der Waals surface area (Å²) < 4.78 is 10.8. The molecule has 6 nitrogen and oxygen atoms in total. The second-order valence-electron chi connectivity index (χ2n) is 7.96. The number of anilines is 1. The molecule has 1 N–H and O–H groups in total. The molecule has 7 heteroatoms. The van der Waals surface area contributed by atoms with Gasteiger partial charge in [-0.2, -0.15) is 0 Å². The van der Waals surface area contributed by atoms with Gasteiger partial charge in [-0.3, -0.25) is 9.59 Å². The van der Waals surface area contributed by atoms with Crippen molar-refractivity contribution in [2.45, 2.75) is 19.1 Å². The van der Waals surface area contributed by atoms with E-state index in [4.69, 9.17) is 21.1 Å². The highest BCUT2D eigenvalue weighted by Gasteiger charge is 2.55. The van der Waals surface area contributed by atoms with Crippen LogP contribution in [0.4, 0.5) is 5.69 Å². The predicted molar refractivity (Wildman–Crippen MR) is 119 cm³/mol. The highest BCUT2D eigenvalue weighted by molar-refractivity contribution is 6.30. The molecule has 2 unspecified atom stereocenters. The summed E-state index contributed by atoms with van der Waals surface area (Å²) in [6, 6.07) is 18.9. The maximum atomic E-state index is 13.6. The number of hydrogen-bond acceptors (Lipinski definition) is 5. The summed E-state index contributed by atoms with van der Waals surface area (Å²) in [5.74, 6) is -0.605. The highest BCUT2D eigenvalue weighted by Crippen LogP contribution is 2.46. The van der Waals surface area contributed by atoms with Crippen molar-refractivity contribution >= 4 is 29.0 Å². The van der Waals surface area contributed by atoms with Gasteiger partial charge in [0.15, 0.2) is 22.9 Å². The lowest BCUT2D eigenvalue weighted by atomic mass is 9.79. The number of fused-ring (bicyclic) bond motifs is 2. The average Bonchev–Trinajstić information content (AvgIpc) is 3.36. The maximum Gasteiger partial charge on any atom is 0.264 e. The Balaban J connectivity index is 1.50. The van der Waals surface area contributed by atoms with E-state index in [1.165, 1.54) is 4.90 Å². The quantitative estimate of drug-likeness (QED) is 0.587. The fraction of sp³-hybridized carbons (Fsp3) is 0.200. The minimum atomic E-state index is -1.98. The Labute approximate surface area is 189 Å². The van der Waals surface area contributed by atoms with E-state index in [9.17, 15) is 14.7 Å². The summed E-state index contributed by atoms with van der Waals surface area (Å²) in [5.41, 5.74) is 0.214. The lowest BCUT2D eigenvalue weighted by molar-refractivity contribution is -0.139. The van der Waals surface area contributed by atoms with Crippen LogP contribution in [0.25, 0.3) is 0 Å². The highest BCUT2D eigenvalue weighted by atomic mass is 35.5. The number of ketones is 1. The van der Waals surface area contributed by atoms with Gasteiger partial charge in [0.25, 0.3) is 5.91 Å². The standard InChI is InChI=1S/C25H20ClNO5/c1-15(23(28)17-7-9-18(26)10-8-17)25(30)19-4-2-3-5-20(19)27(24(25)29)13-16-6-11-21-22(12-16)32-14-31-21/h2-12,15,30H,13-14H2,1H3. The second-order valence-corrected chi connectivity index (χ2v) is 8.39. The zero-order valence-corrected chi connectivity index (χ0v) is 18.0. The van der Waals surface area contributed by atoms with Crippen LogP contribution in [0.1, 0.15) is 28.4 Å². The van der Waals surface area contributed by atoms with Crippen LogP contribution in [-0.4, -0.2) is 23.6 Å². The van der Waals surface area contributed by atoms with Crippen molar-refractivity contribution < 1.29 is 24.2 Å². The molecule has 2 aliphatic heterocycles. The monoisotopic (exact) mass is 449 g/mol. The molecular formula is C25H20ClNO5. The van der Waals surface area contributed by atoms with E-state index in [-0.39, 0.29) is 19.1 Å². The van der Waals surface area contributed by atoms with Crippen molar-refractivity contribution in [2.24, 2.45) is 5.92 Å². The van der Waals surface area contributed by atoms with Crippen molar-refractivity contribution in [1.82, 2.24) is 0 Å². The van der Waals surface area contributed by atoms with Crippen molar-refractivity contribution in [2.75, 3.05) is 11.7 Å². The first-order valence-corrected chi connectivity index (χ1v) is 10.6. The molecule has 1 amide bonds. The van der Waals surface area contributed by atoms with Crippen molar-refractivity contribution in [3.63, 3.8) is 0 Å². The number of aliphatic hydroxyl groups is 1. The number of halogens is 1. The third kappa shape index (κ3) is 3.15. The third-order valence-electron chi connectivity index (χ3n) is 6.10. The number of carbonyl (C=O) groups is 2. The molecule has 0 aliphatic carbocycles. The van der Waals surface area contributed by atoms with E-state index in [0.29, 0.717) is 33.3 Å². The summed E-state index contributed by atoms with van der Waals surface area (Å²) in [5, 5.41) is 12.2. The Morgan fingerprint density at radius 3 is 2.59 bits per heavy atom. The average molecular weight is 450 g/mol. The molecule has 162 valence electrons. The summed E-state index contributed by atoms with van der Waals surface area (Å²) in [6.45, 7) is 1.96. The molecule has 0 spiro atoms. The number of para-hydroxylation sites is 1. The van der Waals surface area contributed by atoms with Gasteiger partial charge in [0.1, 0.15) is 0 Å². The van der Waals surface area contributed by atoms with Crippen molar-refractivity contribution in [1.29, 1.82) is 0 Å². The largest absolute Gasteiger partial charge is 0.454 e. The van der Waals surface area contributed by atoms with E-state index < -0.39 is 17.4 Å². The van der Waals surface area contributed by atoms with Gasteiger partial charge in [0.05, 0.1) is 18.2 Å². The number of benzene rings is 3. The molecule has 0 bridgehead atoms. The number of Topliss-reactive ketones (excluding diaryl/α,β-unsaturated/α-hetero) is 1. The Kier molecular flexibility index (Phi) is 4.92. The minimum Gasteiger partial charge on any atom is -0.454 e. The minimum absolute atomic E-state index is 0.161. The Hall–Kier alpha value is -3.35. The molecule has 3 aromatic carbocycles. The van der Waals surface area contributed by atoms with Crippen LogP contribution in [0.15, 0.2) is 66.7 Å². The number of amides is 1. The van der Waals surface area contributed by atoms with Crippen LogP contribution in [-0.2, 0) is 16.9 Å². The molecule has 0 radical (unpaired) electrons. The van der Waals surface area contributed by atoms with Gasteiger partial charge >= 0.3 is 0 Å². The smallest absolute Gasteiger partial charge is 0.264 e. The lowest BCUT2D eigenvalue weighted by Gasteiger charge is -2.28. The van der Waals surface area contributed by atoms with Crippen molar-refractivity contribution in [3.8, 4) is 11.5 Å². The Morgan fingerprint density at radius 2 is 1.81 bits per heavy atom. The fourth-order valence-electron chi connectivity index (χ4n) is 4.31. The number of hydrogen-bond donors (Lipinski definition) is 1. The molecule has 0 saturated heterocycles. The summed E-state index contributed by atoms with van der Waals surface area (Å²) in [6.07, 6.45) is 0. The SMILES string of the molecule is CC(C(=O)c1ccc(Cl)cc1)C1(O)C(=O)N(Cc2ccc3c(c2)OCO3)c2ccccc21. The van der Waals surface area contributed by atoms with Crippen LogP contribution >= 0.6 is 11.6 Å². The van der Waals surface area contributed by atoms with Crippen LogP contribution in [0, 0.1) is 5.92 Å². The van der Waals surface area contributed by atoms with E-state index in [1.54, 1.807) is 61.5 Å². The summed E-state index contributed by atoms with van der Waals surface area (Å²) >= 11 is 5.93. The molecule has 32 heavy (non-hydrogen) atoms. The van der Waals surface area contributed by atoms with E-state index in [2.05, 4.69) is 0 Å². The molecule has 5 rings (SSSR count). The Morgan fingerprint density at radius 1 is 1.09 bits per heavy atom. The van der Waals surface area contributed by atoms with Gasteiger partial charge in [-0.1, -0.05) is 42.8 Å². The zero-order chi connectivity index (χ0) is 22.5. The van der Waals surface area contributed by atoms with Gasteiger partial charge in [-0.25, -0.2) is 0 Å². The molecule has 3 aromatic rings. The van der Waals surface area contributed by atoms with E-state index in [1.807, 2.05) is 12.1 Å². The van der Waals surface area contributed by atoms with Gasteiger partial charge in [-0.15, -0.1) is 0 Å². The first kappa shape index (κ1) is 20.5. The second kappa shape index (κ2) is 7.65. The van der Waals surface area contributed by atoms with E-state index in [0.717, 1.165) is 5.56 Å². The van der Waals surface area contributed by atoms with Gasteiger partial charge in [0, 0.05) is 16.1 Å². The number of carbonyl (C=O) groups excluding carboxylic acids is 2. The number of ether oxygens (including phenoxy) is 2. The fourth-order valence-corrected chi connectivity index (χ4v) is 4.44. The maximum absolute atomic E-state index is 13.6. The summed E-state index contributed by atoms with van der Waals surface area (Å²) in [7, 11) is 0. The first-order chi connectivity index (χ1) is 15.4. The van der Waals surface area contributed by atoms with Gasteiger partial charge in [-0.05, 0) is 48.0 Å². The van der Waals surface area contributed by atoms with Gasteiger partial charge in [0.2, 0.25) is 6.79 Å².